The fourth-order valence-corrected chi connectivity index (χ4v) is 3.56. The Kier molecular flexibility index (Phi) is 4.82. The average Bonchev–Trinajstić information content (AvgIpc) is 2.79. The summed E-state index contributed by atoms with van der Waals surface area (Å²) in [5, 5.41) is 6.92. The Morgan fingerprint density at radius 3 is 2.29 bits per heavy atom. The van der Waals surface area contributed by atoms with Crippen LogP contribution in [0.5, 0.6) is 0 Å². The van der Waals surface area contributed by atoms with E-state index < -0.39 is 10.0 Å². The molecule has 1 amide bonds. The Balaban J connectivity index is 2.46. The summed E-state index contributed by atoms with van der Waals surface area (Å²) in [6.07, 6.45) is 0. The van der Waals surface area contributed by atoms with Gasteiger partial charge in [-0.1, -0.05) is 0 Å². The Labute approximate surface area is 142 Å². The quantitative estimate of drug-likeness (QED) is 0.912. The maximum Gasteiger partial charge on any atom is 0.256 e. The molecule has 8 heteroatoms. The summed E-state index contributed by atoms with van der Waals surface area (Å²) in [5.74, 6) is 0.170. The predicted octanol–water partition coefficient (Wildman–Crippen LogP) is 1.85. The standard InChI is InChI=1S/C16H22N4O3S/c1-10-7-13(9-14(12(10)3)24(22,23)19(4)5)16(21)17-15-8-11(2)18-20(15)6/h7-9H,1-6H3,(H,17,21). The van der Waals surface area contributed by atoms with E-state index in [9.17, 15) is 13.2 Å². The van der Waals surface area contributed by atoms with E-state index in [4.69, 9.17) is 0 Å². The molecule has 7 nitrogen and oxygen atoms in total. The van der Waals surface area contributed by atoms with Crippen LogP contribution in [0, 0.1) is 20.8 Å². The molecule has 0 spiro atoms. The van der Waals surface area contributed by atoms with Crippen molar-refractivity contribution in [2.45, 2.75) is 25.7 Å². The van der Waals surface area contributed by atoms with Gasteiger partial charge in [0, 0.05) is 32.8 Å². The molecular formula is C16H22N4O3S. The van der Waals surface area contributed by atoms with Crippen molar-refractivity contribution in [3.63, 3.8) is 0 Å². The number of carbonyl (C=O) groups excluding carboxylic acids is 1. The molecule has 0 saturated carbocycles. The van der Waals surface area contributed by atoms with Crippen LogP contribution < -0.4 is 5.32 Å². The van der Waals surface area contributed by atoms with Crippen LogP contribution in [0.1, 0.15) is 27.2 Å². The van der Waals surface area contributed by atoms with Gasteiger partial charge in [-0.05, 0) is 44.0 Å². The molecule has 0 saturated heterocycles. The van der Waals surface area contributed by atoms with Crippen molar-refractivity contribution in [3.05, 3.63) is 40.6 Å². The number of sulfonamides is 1. The Bertz CT molecular complexity index is 898. The van der Waals surface area contributed by atoms with Crippen LogP contribution in [0.25, 0.3) is 0 Å². The second kappa shape index (κ2) is 6.37. The minimum atomic E-state index is -3.63. The van der Waals surface area contributed by atoms with Gasteiger partial charge in [0.05, 0.1) is 10.6 Å². The summed E-state index contributed by atoms with van der Waals surface area (Å²) in [6.45, 7) is 5.35. The molecule has 0 unspecified atom stereocenters. The van der Waals surface area contributed by atoms with Gasteiger partial charge < -0.3 is 5.32 Å². The van der Waals surface area contributed by atoms with Crippen LogP contribution in [0.2, 0.25) is 0 Å². The number of aryl methyl sites for hydroxylation is 3. The number of nitrogens with zero attached hydrogens (tertiary/aromatic N) is 3. The molecule has 0 aliphatic rings. The number of aromatic nitrogens is 2. The molecule has 0 atom stereocenters. The molecule has 0 fully saturated rings. The van der Waals surface area contributed by atoms with Gasteiger partial charge in [-0.25, -0.2) is 12.7 Å². The lowest BCUT2D eigenvalue weighted by molar-refractivity contribution is 0.102. The number of amides is 1. The summed E-state index contributed by atoms with van der Waals surface area (Å²) in [7, 11) is 1.03. The minimum absolute atomic E-state index is 0.138. The van der Waals surface area contributed by atoms with Crippen LogP contribution in [0.4, 0.5) is 5.82 Å². The third-order valence-electron chi connectivity index (χ3n) is 3.88. The average molecular weight is 350 g/mol. The van der Waals surface area contributed by atoms with E-state index >= 15 is 0 Å². The number of hydrogen-bond acceptors (Lipinski definition) is 4. The van der Waals surface area contributed by atoms with Crippen molar-refractivity contribution in [1.29, 1.82) is 0 Å². The number of nitrogens with one attached hydrogen (secondary N) is 1. The number of benzene rings is 1. The van der Waals surface area contributed by atoms with E-state index in [0.29, 0.717) is 11.4 Å². The van der Waals surface area contributed by atoms with Crippen LogP contribution in [0.15, 0.2) is 23.1 Å². The molecule has 0 aliphatic carbocycles. The van der Waals surface area contributed by atoms with Crippen molar-refractivity contribution in [1.82, 2.24) is 14.1 Å². The van der Waals surface area contributed by atoms with Crippen molar-refractivity contribution in [3.8, 4) is 0 Å². The molecule has 1 heterocycles. The van der Waals surface area contributed by atoms with Crippen molar-refractivity contribution in [2.24, 2.45) is 7.05 Å². The molecule has 1 aromatic heterocycles. The lowest BCUT2D eigenvalue weighted by Gasteiger charge is -2.16. The first-order valence-corrected chi connectivity index (χ1v) is 8.84. The predicted molar refractivity (Wildman–Crippen MR) is 92.7 cm³/mol. The largest absolute Gasteiger partial charge is 0.307 e. The lowest BCUT2D eigenvalue weighted by Crippen LogP contribution is -2.24. The fraction of sp³-hybridized carbons (Fsp3) is 0.375. The Morgan fingerprint density at radius 2 is 1.79 bits per heavy atom. The van der Waals surface area contributed by atoms with Crippen molar-refractivity contribution >= 4 is 21.7 Å². The van der Waals surface area contributed by atoms with E-state index in [2.05, 4.69) is 10.4 Å². The molecule has 0 radical (unpaired) electrons. The monoisotopic (exact) mass is 350 g/mol. The van der Waals surface area contributed by atoms with Crippen molar-refractivity contribution < 1.29 is 13.2 Å². The highest BCUT2D eigenvalue weighted by Crippen LogP contribution is 2.24. The van der Waals surface area contributed by atoms with Gasteiger partial charge in [-0.3, -0.25) is 9.48 Å². The van der Waals surface area contributed by atoms with Gasteiger partial charge in [0.15, 0.2) is 0 Å². The summed E-state index contributed by atoms with van der Waals surface area (Å²) in [6, 6.07) is 4.84. The van der Waals surface area contributed by atoms with Gasteiger partial charge in [0.1, 0.15) is 5.82 Å². The first-order valence-electron chi connectivity index (χ1n) is 7.40. The normalized spacial score (nSPS) is 11.8. The Morgan fingerprint density at radius 1 is 1.17 bits per heavy atom. The van der Waals surface area contributed by atoms with E-state index in [1.165, 1.54) is 20.2 Å². The summed E-state index contributed by atoms with van der Waals surface area (Å²) < 4.78 is 27.7. The van der Waals surface area contributed by atoms with E-state index in [0.717, 1.165) is 15.6 Å². The second-order valence-corrected chi connectivity index (χ2v) is 8.07. The van der Waals surface area contributed by atoms with Crippen LogP contribution in [0.3, 0.4) is 0 Å². The first-order chi connectivity index (χ1) is 11.0. The highest BCUT2D eigenvalue weighted by molar-refractivity contribution is 7.89. The van der Waals surface area contributed by atoms with Crippen LogP contribution in [-0.4, -0.2) is 42.5 Å². The number of hydrogen-bond donors (Lipinski definition) is 1. The smallest absolute Gasteiger partial charge is 0.256 e. The zero-order valence-corrected chi connectivity index (χ0v) is 15.5. The maximum absolute atomic E-state index is 12.5. The zero-order chi connectivity index (χ0) is 18.2. The fourth-order valence-electron chi connectivity index (χ4n) is 2.34. The molecular weight excluding hydrogens is 328 g/mol. The van der Waals surface area contributed by atoms with Gasteiger partial charge in [-0.15, -0.1) is 0 Å². The van der Waals surface area contributed by atoms with Crippen LogP contribution in [-0.2, 0) is 17.1 Å². The third-order valence-corrected chi connectivity index (χ3v) is 5.83. The molecule has 130 valence electrons. The number of rotatable bonds is 4. The SMILES string of the molecule is Cc1cc(NC(=O)c2cc(C)c(C)c(S(=O)(=O)N(C)C)c2)n(C)n1. The molecule has 2 rings (SSSR count). The molecule has 2 aromatic rings. The summed E-state index contributed by atoms with van der Waals surface area (Å²) in [4.78, 5) is 12.7. The number of carbonyl (C=O) groups is 1. The minimum Gasteiger partial charge on any atom is -0.307 e. The summed E-state index contributed by atoms with van der Waals surface area (Å²) in [5.41, 5.74) is 2.45. The maximum atomic E-state index is 12.5. The summed E-state index contributed by atoms with van der Waals surface area (Å²) >= 11 is 0. The van der Waals surface area contributed by atoms with E-state index in [1.54, 1.807) is 37.7 Å². The molecule has 1 aromatic carbocycles. The van der Waals surface area contributed by atoms with Gasteiger partial charge in [-0.2, -0.15) is 5.10 Å². The lowest BCUT2D eigenvalue weighted by atomic mass is 10.1. The van der Waals surface area contributed by atoms with Gasteiger partial charge in [0.25, 0.3) is 5.91 Å². The van der Waals surface area contributed by atoms with E-state index in [1.807, 2.05) is 6.92 Å². The molecule has 0 bridgehead atoms. The highest BCUT2D eigenvalue weighted by Gasteiger charge is 2.23. The second-order valence-electron chi connectivity index (χ2n) is 5.95. The van der Waals surface area contributed by atoms with Crippen LogP contribution >= 0.6 is 0 Å². The highest BCUT2D eigenvalue weighted by atomic mass is 32.2. The van der Waals surface area contributed by atoms with Gasteiger partial charge in [0.2, 0.25) is 10.0 Å². The zero-order valence-electron chi connectivity index (χ0n) is 14.7. The number of anilines is 1. The topological polar surface area (TPSA) is 84.3 Å². The molecule has 0 aliphatic heterocycles. The Hall–Kier alpha value is -2.19. The molecule has 24 heavy (non-hydrogen) atoms. The van der Waals surface area contributed by atoms with E-state index in [-0.39, 0.29) is 16.4 Å². The van der Waals surface area contributed by atoms with Gasteiger partial charge >= 0.3 is 0 Å². The van der Waals surface area contributed by atoms with Crippen molar-refractivity contribution in [2.75, 3.05) is 19.4 Å². The first kappa shape index (κ1) is 18.2. The molecule has 1 N–H and O–H groups in total. The third kappa shape index (κ3) is 3.34.